The molecule has 2 nitrogen and oxygen atoms in total. The maximum Gasteiger partial charge on any atom is 0.494 e. The van der Waals surface area contributed by atoms with Crippen LogP contribution in [0.4, 0.5) is 0 Å². The maximum atomic E-state index is 8.22. The Morgan fingerprint density at radius 3 is 2.29 bits per heavy atom. The van der Waals surface area contributed by atoms with Gasteiger partial charge in [0.1, 0.15) is 0 Å². The van der Waals surface area contributed by atoms with E-state index in [-0.39, 0.29) is 22.0 Å². The lowest BCUT2D eigenvalue weighted by Crippen LogP contribution is -2.41. The summed E-state index contributed by atoms with van der Waals surface area (Å²) in [6, 6.07) is -0.937. The molecule has 1 aromatic rings. The van der Waals surface area contributed by atoms with Crippen molar-refractivity contribution in [3.05, 3.63) is 28.2 Å². The SMILES string of the molecule is [2H]c1c(Br)c([2H])c(C([2H])([2H])[2H])c([2H])c1B1OC(C)(C)C(C)(C)O1. The van der Waals surface area contributed by atoms with Crippen molar-refractivity contribution >= 4 is 28.5 Å². The fraction of sp³-hybridized carbons (Fsp3) is 0.538. The van der Waals surface area contributed by atoms with Crippen LogP contribution in [0.15, 0.2) is 22.6 Å². The lowest BCUT2D eigenvalue weighted by molar-refractivity contribution is 0.00578. The molecule has 0 amide bonds. The first-order valence-electron chi connectivity index (χ1n) is 8.36. The van der Waals surface area contributed by atoms with Crippen molar-refractivity contribution in [3.63, 3.8) is 0 Å². The van der Waals surface area contributed by atoms with E-state index in [0.29, 0.717) is 0 Å². The summed E-state index contributed by atoms with van der Waals surface area (Å²) in [5.74, 6) is 0. The Kier molecular flexibility index (Phi) is 1.77. The molecule has 0 atom stereocenters. The average Bonchev–Trinajstić information content (AvgIpc) is 2.53. The Bertz CT molecular complexity index is 643. The third-order valence-electron chi connectivity index (χ3n) is 3.23. The van der Waals surface area contributed by atoms with Crippen LogP contribution < -0.4 is 5.46 Å². The average molecular weight is 303 g/mol. The summed E-state index contributed by atoms with van der Waals surface area (Å²) in [5.41, 5.74) is -1.74. The smallest absolute Gasteiger partial charge is 0.399 e. The van der Waals surface area contributed by atoms with Crippen LogP contribution in [-0.4, -0.2) is 18.3 Å². The van der Waals surface area contributed by atoms with E-state index in [2.05, 4.69) is 15.9 Å². The summed E-state index contributed by atoms with van der Waals surface area (Å²) in [6.45, 7) is 4.69. The molecule has 0 N–H and O–H groups in total. The Hall–Kier alpha value is -0.315. The number of rotatable bonds is 1. The molecular weight excluding hydrogens is 279 g/mol. The molecule has 0 saturated carbocycles. The second-order valence-electron chi connectivity index (χ2n) is 5.07. The lowest BCUT2D eigenvalue weighted by Gasteiger charge is -2.32. The molecule has 1 aliphatic heterocycles. The largest absolute Gasteiger partial charge is 0.494 e. The van der Waals surface area contributed by atoms with E-state index >= 15 is 0 Å². The van der Waals surface area contributed by atoms with Crippen LogP contribution in [0.25, 0.3) is 0 Å². The van der Waals surface area contributed by atoms with E-state index in [1.807, 2.05) is 27.7 Å². The van der Waals surface area contributed by atoms with E-state index in [1.165, 1.54) is 0 Å². The summed E-state index contributed by atoms with van der Waals surface area (Å²) in [4.78, 5) is 0. The summed E-state index contributed by atoms with van der Waals surface area (Å²) in [7, 11) is -1.03. The highest BCUT2D eigenvalue weighted by molar-refractivity contribution is 9.10. The molecule has 17 heavy (non-hydrogen) atoms. The fourth-order valence-electron chi connectivity index (χ4n) is 1.54. The number of hydrogen-bond acceptors (Lipinski definition) is 2. The molecule has 0 unspecified atom stereocenters. The predicted molar refractivity (Wildman–Crippen MR) is 74.6 cm³/mol. The minimum atomic E-state index is -2.64. The van der Waals surface area contributed by atoms with Crippen molar-refractivity contribution in [2.24, 2.45) is 0 Å². The Labute approximate surface area is 120 Å². The number of benzene rings is 1. The van der Waals surface area contributed by atoms with Gasteiger partial charge in [0.2, 0.25) is 0 Å². The van der Waals surface area contributed by atoms with Gasteiger partial charge in [-0.1, -0.05) is 27.5 Å². The Balaban J connectivity index is 2.68. The van der Waals surface area contributed by atoms with E-state index < -0.39 is 36.8 Å². The lowest BCUT2D eigenvalue weighted by atomic mass is 9.78. The highest BCUT2D eigenvalue weighted by Gasteiger charge is 2.51. The zero-order chi connectivity index (χ0) is 18.0. The van der Waals surface area contributed by atoms with Gasteiger partial charge in [-0.15, -0.1) is 0 Å². The zero-order valence-corrected chi connectivity index (χ0v) is 11.9. The quantitative estimate of drug-likeness (QED) is 0.742. The monoisotopic (exact) mass is 302 g/mol. The van der Waals surface area contributed by atoms with Crippen LogP contribution in [0.1, 0.15) is 41.5 Å². The summed E-state index contributed by atoms with van der Waals surface area (Å²) in [6.07, 6.45) is 0. The van der Waals surface area contributed by atoms with Crippen LogP contribution >= 0.6 is 15.9 Å². The van der Waals surface area contributed by atoms with Gasteiger partial charge in [0.25, 0.3) is 0 Å². The minimum absolute atomic E-state index is 0.0179. The van der Waals surface area contributed by atoms with Crippen molar-refractivity contribution in [3.8, 4) is 0 Å². The highest BCUT2D eigenvalue weighted by atomic mass is 79.9. The number of halogens is 1. The molecule has 2 rings (SSSR count). The number of hydrogen-bond donors (Lipinski definition) is 0. The van der Waals surface area contributed by atoms with Crippen LogP contribution in [0.2, 0.25) is 0 Å². The van der Waals surface area contributed by atoms with Crippen molar-refractivity contribution < 1.29 is 17.5 Å². The fourth-order valence-corrected chi connectivity index (χ4v) is 1.95. The molecule has 92 valence electrons. The van der Waals surface area contributed by atoms with Crippen LogP contribution in [0, 0.1) is 6.85 Å². The molecule has 1 aliphatic rings. The van der Waals surface area contributed by atoms with E-state index in [9.17, 15) is 0 Å². The topological polar surface area (TPSA) is 18.5 Å². The summed E-state index contributed by atoms with van der Waals surface area (Å²) >= 11 is 3.09. The van der Waals surface area contributed by atoms with Gasteiger partial charge in [-0.25, -0.2) is 0 Å². The van der Waals surface area contributed by atoms with E-state index in [1.54, 1.807) is 0 Å². The maximum absolute atomic E-state index is 8.22. The van der Waals surface area contributed by atoms with Gasteiger partial charge >= 0.3 is 7.12 Å². The Morgan fingerprint density at radius 1 is 1.18 bits per heavy atom. The normalized spacial score (nSPS) is 27.7. The summed E-state index contributed by atoms with van der Waals surface area (Å²) in [5, 5.41) is 0. The second kappa shape index (κ2) is 4.11. The molecule has 1 fully saturated rings. The predicted octanol–water partition coefficient (Wildman–Crippen LogP) is 3.06. The molecule has 0 spiro atoms. The van der Waals surface area contributed by atoms with Crippen LogP contribution in [-0.2, 0) is 9.31 Å². The van der Waals surface area contributed by atoms with E-state index in [0.717, 1.165) is 0 Å². The van der Waals surface area contributed by atoms with Crippen LogP contribution in [0.3, 0.4) is 0 Å². The first-order valence-corrected chi connectivity index (χ1v) is 6.15. The first-order chi connectivity index (χ1) is 10.2. The molecular formula is C13H18BBrO2. The van der Waals surface area contributed by atoms with Gasteiger partial charge in [0.15, 0.2) is 0 Å². The zero-order valence-electron chi connectivity index (χ0n) is 16.3. The van der Waals surface area contributed by atoms with Gasteiger partial charge in [0.05, 0.1) is 15.3 Å². The summed E-state index contributed by atoms with van der Waals surface area (Å²) < 4.78 is 58.8. The molecule has 1 saturated heterocycles. The van der Waals surface area contributed by atoms with Crippen LogP contribution in [0.5, 0.6) is 0 Å². The third kappa shape index (κ3) is 2.44. The molecule has 0 aromatic heterocycles. The molecule has 1 heterocycles. The van der Waals surface area contributed by atoms with Crippen molar-refractivity contribution in [1.82, 2.24) is 0 Å². The van der Waals surface area contributed by atoms with Crippen molar-refractivity contribution in [2.45, 2.75) is 45.7 Å². The standard InChI is InChI=1S/C13H18BBrO2/c1-9-6-10(8-11(15)7-9)14-16-12(2,3)13(4,5)17-14/h6-8H,1-5H3/i1D3,6D,7D,8D. The molecule has 0 aliphatic carbocycles. The minimum Gasteiger partial charge on any atom is -0.399 e. The molecule has 0 bridgehead atoms. The molecule has 4 heteroatoms. The second-order valence-corrected chi connectivity index (χ2v) is 5.86. The molecule has 1 aromatic carbocycles. The van der Waals surface area contributed by atoms with Gasteiger partial charge < -0.3 is 9.31 Å². The van der Waals surface area contributed by atoms with E-state index in [4.69, 9.17) is 17.5 Å². The highest BCUT2D eigenvalue weighted by Crippen LogP contribution is 2.36. The first kappa shape index (κ1) is 7.32. The van der Waals surface area contributed by atoms with Gasteiger partial charge in [-0.05, 0) is 52.1 Å². The Morgan fingerprint density at radius 2 is 1.76 bits per heavy atom. The van der Waals surface area contributed by atoms with Gasteiger partial charge in [-0.3, -0.25) is 0 Å². The molecule has 0 radical (unpaired) electrons. The van der Waals surface area contributed by atoms with Gasteiger partial charge in [-0.2, -0.15) is 0 Å². The van der Waals surface area contributed by atoms with Gasteiger partial charge in [0, 0.05) is 8.58 Å². The third-order valence-corrected chi connectivity index (χ3v) is 3.62. The van der Waals surface area contributed by atoms with Crippen molar-refractivity contribution in [2.75, 3.05) is 0 Å². The van der Waals surface area contributed by atoms with Crippen molar-refractivity contribution in [1.29, 1.82) is 0 Å².